The predicted molar refractivity (Wildman–Crippen MR) is 86.5 cm³/mol. The minimum Gasteiger partial charge on any atom is -0.398 e. The zero-order valence-electron chi connectivity index (χ0n) is 13.7. The molecule has 1 saturated heterocycles. The van der Waals surface area contributed by atoms with Crippen LogP contribution >= 0.6 is 0 Å². The van der Waals surface area contributed by atoms with Crippen LogP contribution < -0.4 is 0 Å². The summed E-state index contributed by atoms with van der Waals surface area (Å²) in [6, 6.07) is 3.54. The van der Waals surface area contributed by atoms with Crippen molar-refractivity contribution in [3.05, 3.63) is 48.3 Å². The standard InChI is InChI=1S/C16H19BFN3O2/c1-15(2)16(3,4)23-17(22-15)13(18)10-12-6-5-7-20-14(12)21-9-8-19-11-21/h5-11H,1-4H3. The van der Waals surface area contributed by atoms with E-state index in [1.807, 2.05) is 27.7 Å². The maximum Gasteiger partial charge on any atom is 0.525 e. The van der Waals surface area contributed by atoms with Crippen molar-refractivity contribution in [1.29, 1.82) is 0 Å². The summed E-state index contributed by atoms with van der Waals surface area (Å²) < 4.78 is 27.8. The van der Waals surface area contributed by atoms with Crippen LogP contribution in [0.5, 0.6) is 0 Å². The molecular weight excluding hydrogens is 296 g/mol. The number of hydrogen-bond donors (Lipinski definition) is 0. The topological polar surface area (TPSA) is 49.2 Å². The number of rotatable bonds is 3. The number of imidazole rings is 1. The highest BCUT2D eigenvalue weighted by atomic mass is 19.1. The van der Waals surface area contributed by atoms with Gasteiger partial charge in [0.1, 0.15) is 17.9 Å². The Morgan fingerprint density at radius 1 is 1.22 bits per heavy atom. The SMILES string of the molecule is CC1(C)OB(C(F)=Cc2cccnc2-n2ccnc2)OC1(C)C. The molecule has 1 aliphatic heterocycles. The molecule has 3 rings (SSSR count). The van der Waals surface area contributed by atoms with Gasteiger partial charge in [-0.15, -0.1) is 0 Å². The maximum absolute atomic E-state index is 14.7. The summed E-state index contributed by atoms with van der Waals surface area (Å²) in [6.45, 7) is 7.56. The van der Waals surface area contributed by atoms with Crippen molar-refractivity contribution >= 4 is 13.2 Å². The Hall–Kier alpha value is -1.99. The van der Waals surface area contributed by atoms with Crippen LogP contribution in [0.1, 0.15) is 33.3 Å². The average molecular weight is 315 g/mol. The van der Waals surface area contributed by atoms with Gasteiger partial charge in [0, 0.05) is 24.2 Å². The Morgan fingerprint density at radius 2 is 1.91 bits per heavy atom. The van der Waals surface area contributed by atoms with E-state index in [1.54, 1.807) is 41.6 Å². The van der Waals surface area contributed by atoms with Gasteiger partial charge in [-0.05, 0) is 45.9 Å². The normalized spacial score (nSPS) is 20.0. The molecule has 3 heterocycles. The molecule has 0 aromatic carbocycles. The average Bonchev–Trinajstić information content (AvgIpc) is 3.06. The van der Waals surface area contributed by atoms with E-state index in [9.17, 15) is 4.39 Å². The summed E-state index contributed by atoms with van der Waals surface area (Å²) in [5.74, 6) is 0.594. The quantitative estimate of drug-likeness (QED) is 0.816. The van der Waals surface area contributed by atoms with Crippen molar-refractivity contribution in [2.24, 2.45) is 0 Å². The zero-order valence-corrected chi connectivity index (χ0v) is 13.7. The third-order valence-electron chi connectivity index (χ3n) is 4.34. The Balaban J connectivity index is 1.91. The van der Waals surface area contributed by atoms with E-state index in [1.165, 1.54) is 6.08 Å². The molecule has 0 N–H and O–H groups in total. The Labute approximate surface area is 135 Å². The monoisotopic (exact) mass is 315 g/mol. The molecule has 1 fully saturated rings. The number of pyridine rings is 1. The van der Waals surface area contributed by atoms with Crippen LogP contribution in [0.25, 0.3) is 11.9 Å². The number of nitrogens with zero attached hydrogens (tertiary/aromatic N) is 3. The lowest BCUT2D eigenvalue weighted by atomic mass is 9.87. The van der Waals surface area contributed by atoms with Crippen molar-refractivity contribution < 1.29 is 13.7 Å². The zero-order chi connectivity index (χ0) is 16.7. The summed E-state index contributed by atoms with van der Waals surface area (Å²) in [5, 5.41) is 0. The third-order valence-corrected chi connectivity index (χ3v) is 4.34. The predicted octanol–water partition coefficient (Wildman–Crippen LogP) is 3.21. The number of halogens is 1. The maximum atomic E-state index is 14.7. The van der Waals surface area contributed by atoms with Crippen LogP contribution in [0.4, 0.5) is 4.39 Å². The van der Waals surface area contributed by atoms with E-state index in [-0.39, 0.29) is 0 Å². The second-order valence-corrected chi connectivity index (χ2v) is 6.50. The molecule has 0 spiro atoms. The van der Waals surface area contributed by atoms with E-state index in [0.717, 1.165) is 0 Å². The number of aromatic nitrogens is 3. The van der Waals surface area contributed by atoms with E-state index >= 15 is 0 Å². The molecule has 2 aromatic heterocycles. The largest absolute Gasteiger partial charge is 0.525 e. The fraction of sp³-hybridized carbons (Fsp3) is 0.375. The minimum atomic E-state index is -1.02. The van der Waals surface area contributed by atoms with Gasteiger partial charge >= 0.3 is 7.12 Å². The molecule has 7 heteroatoms. The van der Waals surface area contributed by atoms with E-state index < -0.39 is 24.0 Å². The molecule has 0 unspecified atom stereocenters. The molecule has 23 heavy (non-hydrogen) atoms. The molecule has 5 nitrogen and oxygen atoms in total. The lowest BCUT2D eigenvalue weighted by Gasteiger charge is -2.32. The highest BCUT2D eigenvalue weighted by Gasteiger charge is 2.53. The Morgan fingerprint density at radius 3 is 2.52 bits per heavy atom. The highest BCUT2D eigenvalue weighted by molar-refractivity contribution is 6.54. The second-order valence-electron chi connectivity index (χ2n) is 6.50. The summed E-state index contributed by atoms with van der Waals surface area (Å²) in [6.07, 6.45) is 8.06. The second kappa shape index (κ2) is 5.58. The summed E-state index contributed by atoms with van der Waals surface area (Å²) in [4.78, 5) is 8.28. The van der Waals surface area contributed by atoms with Crippen molar-refractivity contribution in [3.63, 3.8) is 0 Å². The summed E-state index contributed by atoms with van der Waals surface area (Å²) in [7, 11) is -1.02. The Kier molecular flexibility index (Phi) is 3.86. The molecule has 0 aliphatic carbocycles. The first-order valence-electron chi connectivity index (χ1n) is 7.46. The van der Waals surface area contributed by atoms with Crippen LogP contribution in [0.3, 0.4) is 0 Å². The van der Waals surface area contributed by atoms with Crippen LogP contribution in [-0.4, -0.2) is 32.9 Å². The van der Waals surface area contributed by atoms with Gasteiger partial charge in [-0.1, -0.05) is 0 Å². The molecule has 0 radical (unpaired) electrons. The van der Waals surface area contributed by atoms with Gasteiger partial charge in [-0.25, -0.2) is 14.4 Å². The molecule has 1 aliphatic rings. The van der Waals surface area contributed by atoms with Crippen molar-refractivity contribution in [2.75, 3.05) is 0 Å². The van der Waals surface area contributed by atoms with Crippen molar-refractivity contribution in [2.45, 2.75) is 38.9 Å². The van der Waals surface area contributed by atoms with Gasteiger partial charge in [-0.2, -0.15) is 0 Å². The van der Waals surface area contributed by atoms with Crippen molar-refractivity contribution in [1.82, 2.24) is 14.5 Å². The molecular formula is C16H19BFN3O2. The van der Waals surface area contributed by atoms with Crippen LogP contribution in [0, 0.1) is 0 Å². The molecule has 0 atom stereocenters. The van der Waals surface area contributed by atoms with Crippen molar-refractivity contribution in [3.8, 4) is 5.82 Å². The summed E-state index contributed by atoms with van der Waals surface area (Å²) >= 11 is 0. The molecule has 0 saturated carbocycles. The fourth-order valence-corrected chi connectivity index (χ4v) is 2.29. The van der Waals surface area contributed by atoms with Crippen LogP contribution in [0.2, 0.25) is 0 Å². The van der Waals surface area contributed by atoms with Crippen LogP contribution in [-0.2, 0) is 9.31 Å². The fourth-order valence-electron chi connectivity index (χ4n) is 2.29. The van der Waals surface area contributed by atoms with Gasteiger partial charge in [-0.3, -0.25) is 4.57 Å². The lowest BCUT2D eigenvalue weighted by Crippen LogP contribution is -2.41. The Bertz CT molecular complexity index is 713. The van der Waals surface area contributed by atoms with Gasteiger partial charge in [0.15, 0.2) is 0 Å². The third kappa shape index (κ3) is 2.94. The molecule has 2 aromatic rings. The van der Waals surface area contributed by atoms with E-state index in [0.29, 0.717) is 11.4 Å². The first-order chi connectivity index (χ1) is 10.8. The summed E-state index contributed by atoms with van der Waals surface area (Å²) in [5.41, 5.74) is -1.02. The van der Waals surface area contributed by atoms with E-state index in [2.05, 4.69) is 9.97 Å². The first-order valence-corrected chi connectivity index (χ1v) is 7.46. The first kappa shape index (κ1) is 15.9. The van der Waals surface area contributed by atoms with Gasteiger partial charge in [0.05, 0.1) is 11.2 Å². The highest BCUT2D eigenvalue weighted by Crippen LogP contribution is 2.39. The van der Waals surface area contributed by atoms with E-state index in [4.69, 9.17) is 9.31 Å². The number of hydrogen-bond acceptors (Lipinski definition) is 4. The minimum absolute atomic E-state index is 0.488. The van der Waals surface area contributed by atoms with Crippen LogP contribution in [0.15, 0.2) is 42.8 Å². The molecule has 120 valence electrons. The lowest BCUT2D eigenvalue weighted by molar-refractivity contribution is 0.00578. The van der Waals surface area contributed by atoms with Gasteiger partial charge in [0.25, 0.3) is 0 Å². The van der Waals surface area contributed by atoms with Gasteiger partial charge < -0.3 is 9.31 Å². The smallest absolute Gasteiger partial charge is 0.398 e. The van der Waals surface area contributed by atoms with Gasteiger partial charge in [0.2, 0.25) is 0 Å². The molecule has 0 bridgehead atoms. The molecule has 0 amide bonds.